The lowest BCUT2D eigenvalue weighted by Gasteiger charge is -2.20. The second-order valence-electron chi connectivity index (χ2n) is 11.2. The molecular formula is C33H30FN7O. The van der Waals surface area contributed by atoms with Crippen LogP contribution in [0.4, 0.5) is 10.1 Å². The first-order chi connectivity index (χ1) is 20.5. The molecule has 4 aromatic heterocycles. The van der Waals surface area contributed by atoms with Gasteiger partial charge in [-0.3, -0.25) is 19.9 Å². The van der Waals surface area contributed by atoms with E-state index < -0.39 is 0 Å². The van der Waals surface area contributed by atoms with Gasteiger partial charge in [0.05, 0.1) is 28.6 Å². The van der Waals surface area contributed by atoms with Crippen molar-refractivity contribution in [2.75, 3.05) is 5.32 Å². The molecule has 0 atom stereocenters. The number of rotatable bonds is 6. The highest BCUT2D eigenvalue weighted by Crippen LogP contribution is 2.33. The van der Waals surface area contributed by atoms with E-state index in [1.807, 2.05) is 43.3 Å². The lowest BCUT2D eigenvalue weighted by Crippen LogP contribution is -2.18. The van der Waals surface area contributed by atoms with Crippen LogP contribution in [0.15, 0.2) is 67.1 Å². The molecule has 0 aliphatic heterocycles. The number of fused-ring (bicyclic) bond motifs is 2. The van der Waals surface area contributed by atoms with Gasteiger partial charge in [-0.2, -0.15) is 5.10 Å². The Bertz CT molecular complexity index is 1920. The van der Waals surface area contributed by atoms with E-state index in [0.717, 1.165) is 46.0 Å². The first kappa shape index (κ1) is 26.0. The molecular weight excluding hydrogens is 529 g/mol. The number of anilines is 1. The Kier molecular flexibility index (Phi) is 6.70. The number of aromatic amines is 2. The molecule has 2 aromatic carbocycles. The zero-order valence-corrected chi connectivity index (χ0v) is 23.2. The van der Waals surface area contributed by atoms with Crippen LogP contribution in [0.1, 0.15) is 44.1 Å². The monoisotopic (exact) mass is 559 g/mol. The van der Waals surface area contributed by atoms with E-state index >= 15 is 0 Å². The second kappa shape index (κ2) is 10.8. The number of pyridine rings is 2. The quantitative estimate of drug-likeness (QED) is 0.195. The van der Waals surface area contributed by atoms with Crippen LogP contribution in [0.25, 0.3) is 55.8 Å². The van der Waals surface area contributed by atoms with Gasteiger partial charge in [-0.1, -0.05) is 25.3 Å². The Morgan fingerprint density at radius 2 is 1.83 bits per heavy atom. The molecule has 7 rings (SSSR count). The summed E-state index contributed by atoms with van der Waals surface area (Å²) in [6.45, 7) is 1.85. The molecule has 0 saturated heterocycles. The van der Waals surface area contributed by atoms with Crippen LogP contribution in [0.3, 0.4) is 0 Å². The number of aromatic nitrogens is 6. The number of hydrogen-bond donors (Lipinski definition) is 3. The van der Waals surface area contributed by atoms with Crippen LogP contribution in [0.2, 0.25) is 0 Å². The number of aryl methyl sites for hydroxylation is 1. The van der Waals surface area contributed by atoms with Crippen molar-refractivity contribution in [1.82, 2.24) is 30.1 Å². The van der Waals surface area contributed by atoms with Crippen LogP contribution in [-0.2, 0) is 4.79 Å². The second-order valence-corrected chi connectivity index (χ2v) is 11.2. The van der Waals surface area contributed by atoms with E-state index in [-0.39, 0.29) is 11.7 Å². The fourth-order valence-corrected chi connectivity index (χ4v) is 6.04. The first-order valence-corrected chi connectivity index (χ1v) is 14.4. The average molecular weight is 560 g/mol. The minimum absolute atomic E-state index is 0.0422. The zero-order valence-electron chi connectivity index (χ0n) is 23.2. The molecule has 1 saturated carbocycles. The number of hydrogen-bond acceptors (Lipinski definition) is 5. The lowest BCUT2D eigenvalue weighted by molar-refractivity contribution is -0.117. The Morgan fingerprint density at radius 3 is 2.69 bits per heavy atom. The van der Waals surface area contributed by atoms with Gasteiger partial charge in [0.15, 0.2) is 5.82 Å². The molecule has 1 aliphatic carbocycles. The number of halogens is 1. The van der Waals surface area contributed by atoms with Gasteiger partial charge < -0.3 is 10.3 Å². The van der Waals surface area contributed by atoms with Crippen LogP contribution < -0.4 is 5.32 Å². The van der Waals surface area contributed by atoms with Crippen molar-refractivity contribution in [3.05, 3.63) is 78.5 Å². The minimum Gasteiger partial charge on any atom is -0.336 e. The van der Waals surface area contributed by atoms with Gasteiger partial charge in [-0.15, -0.1) is 0 Å². The van der Waals surface area contributed by atoms with Crippen molar-refractivity contribution in [1.29, 1.82) is 0 Å². The van der Waals surface area contributed by atoms with E-state index in [1.165, 1.54) is 31.4 Å². The van der Waals surface area contributed by atoms with Gasteiger partial charge in [0.2, 0.25) is 5.91 Å². The molecule has 9 heteroatoms. The summed E-state index contributed by atoms with van der Waals surface area (Å²) in [6.07, 6.45) is 11.7. The van der Waals surface area contributed by atoms with Crippen LogP contribution in [0, 0.1) is 18.7 Å². The predicted molar refractivity (Wildman–Crippen MR) is 162 cm³/mol. The standard InChI is InChI=1S/C33H30FN7O/c1-19-11-22(14-24(34)12-19)30-32-28(9-10-36-30)38-33(39-32)31-26-16-21(7-8-27(26)40-41-31)23-15-25(18-35-17-23)37-29(42)13-20-5-3-2-4-6-20/h7-12,14-18,20H,2-6,13H2,1H3,(H,37,42)(H,38,39)(H,40,41). The Morgan fingerprint density at radius 1 is 0.952 bits per heavy atom. The molecule has 0 spiro atoms. The van der Waals surface area contributed by atoms with Gasteiger partial charge >= 0.3 is 0 Å². The molecule has 1 aliphatic rings. The van der Waals surface area contributed by atoms with Gasteiger partial charge in [-0.05, 0) is 79.3 Å². The van der Waals surface area contributed by atoms with Crippen molar-refractivity contribution in [3.8, 4) is 33.9 Å². The normalized spacial score (nSPS) is 14.0. The highest BCUT2D eigenvalue weighted by Gasteiger charge is 2.19. The number of carbonyl (C=O) groups excluding carboxylic acids is 1. The Hall–Kier alpha value is -4.92. The third kappa shape index (κ3) is 5.13. The van der Waals surface area contributed by atoms with Gasteiger partial charge in [0, 0.05) is 35.3 Å². The maximum atomic E-state index is 14.2. The molecule has 0 unspecified atom stereocenters. The van der Waals surface area contributed by atoms with Crippen molar-refractivity contribution in [2.45, 2.75) is 45.4 Å². The number of amides is 1. The SMILES string of the molecule is Cc1cc(F)cc(-c2nccc3[nH]c(-c4n[nH]c5ccc(-c6cncc(NC(=O)CC7CCCCC7)c6)cc45)nc23)c1. The highest BCUT2D eigenvalue weighted by atomic mass is 19.1. The average Bonchev–Trinajstić information content (AvgIpc) is 3.61. The molecule has 6 aromatic rings. The molecule has 210 valence electrons. The third-order valence-corrected chi connectivity index (χ3v) is 8.06. The minimum atomic E-state index is -0.312. The maximum Gasteiger partial charge on any atom is 0.224 e. The van der Waals surface area contributed by atoms with Crippen LogP contribution >= 0.6 is 0 Å². The topological polar surface area (TPSA) is 112 Å². The van der Waals surface area contributed by atoms with E-state index in [4.69, 9.17) is 4.98 Å². The summed E-state index contributed by atoms with van der Waals surface area (Å²) < 4.78 is 14.2. The van der Waals surface area contributed by atoms with Gasteiger partial charge in [0.25, 0.3) is 0 Å². The molecule has 3 N–H and O–H groups in total. The molecule has 1 amide bonds. The van der Waals surface area contributed by atoms with E-state index in [2.05, 4.69) is 30.5 Å². The smallest absolute Gasteiger partial charge is 0.224 e. The maximum absolute atomic E-state index is 14.2. The van der Waals surface area contributed by atoms with E-state index in [0.29, 0.717) is 46.3 Å². The molecule has 0 bridgehead atoms. The lowest BCUT2D eigenvalue weighted by atomic mass is 9.87. The van der Waals surface area contributed by atoms with Gasteiger partial charge in [0.1, 0.15) is 17.0 Å². The summed E-state index contributed by atoms with van der Waals surface area (Å²) in [4.78, 5) is 29.8. The molecule has 8 nitrogen and oxygen atoms in total. The van der Waals surface area contributed by atoms with Gasteiger partial charge in [-0.25, -0.2) is 9.37 Å². The van der Waals surface area contributed by atoms with E-state index in [9.17, 15) is 9.18 Å². The Balaban J connectivity index is 1.20. The van der Waals surface area contributed by atoms with Crippen molar-refractivity contribution >= 4 is 33.5 Å². The summed E-state index contributed by atoms with van der Waals surface area (Å²) in [5, 5.41) is 11.6. The molecule has 0 radical (unpaired) electrons. The summed E-state index contributed by atoms with van der Waals surface area (Å²) in [7, 11) is 0. The van der Waals surface area contributed by atoms with Crippen molar-refractivity contribution in [3.63, 3.8) is 0 Å². The molecule has 1 fully saturated rings. The number of benzene rings is 2. The summed E-state index contributed by atoms with van der Waals surface area (Å²) in [5.41, 5.74) is 7.55. The fourth-order valence-electron chi connectivity index (χ4n) is 6.04. The van der Waals surface area contributed by atoms with E-state index in [1.54, 1.807) is 18.6 Å². The number of nitrogens with one attached hydrogen (secondary N) is 3. The fraction of sp³-hybridized carbons (Fsp3) is 0.242. The zero-order chi connectivity index (χ0) is 28.6. The largest absolute Gasteiger partial charge is 0.336 e. The predicted octanol–water partition coefficient (Wildman–Crippen LogP) is 7.59. The van der Waals surface area contributed by atoms with Crippen molar-refractivity contribution in [2.24, 2.45) is 5.92 Å². The number of imidazole rings is 1. The summed E-state index contributed by atoms with van der Waals surface area (Å²) in [6, 6.07) is 14.7. The third-order valence-electron chi connectivity index (χ3n) is 8.06. The number of nitrogens with zero attached hydrogens (tertiary/aromatic N) is 4. The Labute approximate surface area is 241 Å². The van der Waals surface area contributed by atoms with Crippen molar-refractivity contribution < 1.29 is 9.18 Å². The van der Waals surface area contributed by atoms with Crippen LogP contribution in [-0.4, -0.2) is 36.0 Å². The molecule has 42 heavy (non-hydrogen) atoms. The first-order valence-electron chi connectivity index (χ1n) is 14.4. The summed E-state index contributed by atoms with van der Waals surface area (Å²) >= 11 is 0. The molecule has 4 heterocycles. The number of H-pyrrole nitrogens is 2. The summed E-state index contributed by atoms with van der Waals surface area (Å²) in [5.74, 6) is 0.783. The highest BCUT2D eigenvalue weighted by molar-refractivity contribution is 5.98. The number of carbonyl (C=O) groups is 1. The van der Waals surface area contributed by atoms with Crippen LogP contribution in [0.5, 0.6) is 0 Å².